The third-order valence-electron chi connectivity index (χ3n) is 3.28. The number of rotatable bonds is 3. The highest BCUT2D eigenvalue weighted by molar-refractivity contribution is 5.19. The van der Waals surface area contributed by atoms with Crippen molar-refractivity contribution in [1.82, 2.24) is 5.32 Å². The number of halogens is 1. The van der Waals surface area contributed by atoms with Crippen molar-refractivity contribution < 1.29 is 9.13 Å². The lowest BCUT2D eigenvalue weighted by Crippen LogP contribution is -2.48. The molecule has 94 valence electrons. The largest absolute Gasteiger partial charge is 0.365 e. The Morgan fingerprint density at radius 1 is 1.41 bits per heavy atom. The second-order valence-electron chi connectivity index (χ2n) is 4.99. The van der Waals surface area contributed by atoms with Crippen LogP contribution < -0.4 is 5.32 Å². The van der Waals surface area contributed by atoms with Crippen LogP contribution in [0.15, 0.2) is 24.3 Å². The first-order valence-electron chi connectivity index (χ1n) is 6.27. The maximum absolute atomic E-state index is 12.9. The molecule has 0 bridgehead atoms. The van der Waals surface area contributed by atoms with E-state index in [9.17, 15) is 4.39 Å². The van der Waals surface area contributed by atoms with Gasteiger partial charge in [0.15, 0.2) is 0 Å². The topological polar surface area (TPSA) is 21.3 Å². The van der Waals surface area contributed by atoms with Crippen LogP contribution in [0.4, 0.5) is 4.39 Å². The van der Waals surface area contributed by atoms with Crippen LogP contribution >= 0.6 is 0 Å². The summed E-state index contributed by atoms with van der Waals surface area (Å²) in [6.07, 6.45) is 2.17. The van der Waals surface area contributed by atoms with Gasteiger partial charge in [-0.2, -0.15) is 0 Å². The summed E-state index contributed by atoms with van der Waals surface area (Å²) in [6, 6.07) is 6.59. The molecule has 0 aromatic heterocycles. The number of hydrogen-bond donors (Lipinski definition) is 1. The monoisotopic (exact) mass is 237 g/mol. The van der Waals surface area contributed by atoms with Crippen molar-refractivity contribution >= 4 is 0 Å². The fourth-order valence-corrected chi connectivity index (χ4v) is 2.43. The Morgan fingerprint density at radius 3 is 2.76 bits per heavy atom. The van der Waals surface area contributed by atoms with Crippen molar-refractivity contribution in [2.75, 3.05) is 13.1 Å². The van der Waals surface area contributed by atoms with Crippen LogP contribution in [0.3, 0.4) is 0 Å². The molecule has 0 amide bonds. The highest BCUT2D eigenvalue weighted by atomic mass is 19.1. The Bertz CT molecular complexity index is 361. The normalized spacial score (nSPS) is 29.2. The zero-order chi connectivity index (χ0) is 12.3. The molecule has 0 aliphatic carbocycles. The highest BCUT2D eigenvalue weighted by Crippen LogP contribution is 2.30. The van der Waals surface area contributed by atoms with E-state index in [2.05, 4.69) is 19.2 Å². The van der Waals surface area contributed by atoms with Gasteiger partial charge in [-0.1, -0.05) is 25.5 Å². The van der Waals surface area contributed by atoms with Gasteiger partial charge in [0.1, 0.15) is 5.82 Å². The fourth-order valence-electron chi connectivity index (χ4n) is 2.43. The molecule has 1 saturated heterocycles. The van der Waals surface area contributed by atoms with E-state index in [1.807, 2.05) is 0 Å². The lowest BCUT2D eigenvalue weighted by Gasteiger charge is -2.39. The third-order valence-corrected chi connectivity index (χ3v) is 3.28. The Labute approximate surface area is 102 Å². The molecular weight excluding hydrogens is 217 g/mol. The third kappa shape index (κ3) is 3.05. The van der Waals surface area contributed by atoms with Gasteiger partial charge in [0.25, 0.3) is 0 Å². The zero-order valence-corrected chi connectivity index (χ0v) is 10.5. The standard InChI is InChI=1S/C14H20FNO/c1-3-8-14(2)10-16-9-13(17-14)11-4-6-12(15)7-5-11/h4-7,13,16H,3,8-10H2,1-2H3. The summed E-state index contributed by atoms with van der Waals surface area (Å²) in [5.41, 5.74) is 0.937. The maximum Gasteiger partial charge on any atom is 0.123 e. The number of benzene rings is 1. The van der Waals surface area contributed by atoms with Crippen LogP contribution in [-0.4, -0.2) is 18.7 Å². The number of nitrogens with one attached hydrogen (secondary N) is 1. The lowest BCUT2D eigenvalue weighted by atomic mass is 9.96. The summed E-state index contributed by atoms with van der Waals surface area (Å²) in [5, 5.41) is 3.40. The molecule has 1 aliphatic heterocycles. The number of ether oxygens (including phenoxy) is 1. The first-order valence-corrected chi connectivity index (χ1v) is 6.27. The average Bonchev–Trinajstić information content (AvgIpc) is 2.30. The molecular formula is C14H20FNO. The summed E-state index contributed by atoms with van der Waals surface area (Å²) in [6.45, 7) is 5.98. The van der Waals surface area contributed by atoms with Crippen LogP contribution in [0, 0.1) is 5.82 Å². The van der Waals surface area contributed by atoms with Gasteiger partial charge in [0, 0.05) is 13.1 Å². The van der Waals surface area contributed by atoms with E-state index in [0.717, 1.165) is 31.5 Å². The van der Waals surface area contributed by atoms with Crippen molar-refractivity contribution in [1.29, 1.82) is 0 Å². The molecule has 0 saturated carbocycles. The Balaban J connectivity index is 2.09. The van der Waals surface area contributed by atoms with Crippen molar-refractivity contribution in [3.8, 4) is 0 Å². The maximum atomic E-state index is 12.9. The van der Waals surface area contributed by atoms with E-state index in [1.54, 1.807) is 12.1 Å². The smallest absolute Gasteiger partial charge is 0.123 e. The van der Waals surface area contributed by atoms with Crippen molar-refractivity contribution in [3.05, 3.63) is 35.6 Å². The van der Waals surface area contributed by atoms with E-state index in [1.165, 1.54) is 12.1 Å². The van der Waals surface area contributed by atoms with Gasteiger partial charge in [-0.3, -0.25) is 0 Å². The van der Waals surface area contributed by atoms with Gasteiger partial charge in [-0.05, 0) is 31.0 Å². The Kier molecular flexibility index (Phi) is 3.79. The Hall–Kier alpha value is -0.930. The SMILES string of the molecule is CCCC1(C)CNCC(c2ccc(F)cc2)O1. The predicted octanol–water partition coefficient (Wildman–Crippen LogP) is 3.05. The molecule has 1 aromatic carbocycles. The second-order valence-corrected chi connectivity index (χ2v) is 4.99. The molecule has 1 aliphatic rings. The van der Waals surface area contributed by atoms with Crippen LogP contribution in [-0.2, 0) is 4.74 Å². The van der Waals surface area contributed by atoms with Gasteiger partial charge in [0.05, 0.1) is 11.7 Å². The molecule has 2 nitrogen and oxygen atoms in total. The molecule has 3 heteroatoms. The van der Waals surface area contributed by atoms with E-state index in [4.69, 9.17) is 4.74 Å². The molecule has 2 unspecified atom stereocenters. The predicted molar refractivity (Wildman–Crippen MR) is 66.4 cm³/mol. The first-order chi connectivity index (χ1) is 8.13. The van der Waals surface area contributed by atoms with Gasteiger partial charge in [-0.15, -0.1) is 0 Å². The van der Waals surface area contributed by atoms with Gasteiger partial charge in [0.2, 0.25) is 0 Å². The van der Waals surface area contributed by atoms with Crippen molar-refractivity contribution in [2.45, 2.75) is 38.4 Å². The van der Waals surface area contributed by atoms with E-state index < -0.39 is 0 Å². The minimum Gasteiger partial charge on any atom is -0.365 e. The van der Waals surface area contributed by atoms with Crippen molar-refractivity contribution in [2.24, 2.45) is 0 Å². The molecule has 1 N–H and O–H groups in total. The van der Waals surface area contributed by atoms with E-state index >= 15 is 0 Å². The molecule has 2 rings (SSSR count). The van der Waals surface area contributed by atoms with E-state index in [0.29, 0.717) is 0 Å². The summed E-state index contributed by atoms with van der Waals surface area (Å²) in [4.78, 5) is 0. The highest BCUT2D eigenvalue weighted by Gasteiger charge is 2.32. The summed E-state index contributed by atoms with van der Waals surface area (Å²) >= 11 is 0. The molecule has 1 fully saturated rings. The summed E-state index contributed by atoms with van der Waals surface area (Å²) in [5.74, 6) is -0.200. The van der Waals surface area contributed by atoms with Crippen LogP contribution in [0.1, 0.15) is 38.4 Å². The first kappa shape index (κ1) is 12.5. The molecule has 1 heterocycles. The van der Waals surface area contributed by atoms with Crippen LogP contribution in [0.2, 0.25) is 0 Å². The molecule has 0 spiro atoms. The van der Waals surface area contributed by atoms with Crippen molar-refractivity contribution in [3.63, 3.8) is 0 Å². The van der Waals surface area contributed by atoms with Gasteiger partial charge in [-0.25, -0.2) is 4.39 Å². The van der Waals surface area contributed by atoms with E-state index in [-0.39, 0.29) is 17.5 Å². The fraction of sp³-hybridized carbons (Fsp3) is 0.571. The van der Waals surface area contributed by atoms with Crippen LogP contribution in [0.5, 0.6) is 0 Å². The van der Waals surface area contributed by atoms with Gasteiger partial charge < -0.3 is 10.1 Å². The molecule has 2 atom stereocenters. The summed E-state index contributed by atoms with van der Waals surface area (Å²) < 4.78 is 19.0. The average molecular weight is 237 g/mol. The lowest BCUT2D eigenvalue weighted by molar-refractivity contribution is -0.112. The quantitative estimate of drug-likeness (QED) is 0.872. The minimum atomic E-state index is -0.200. The number of hydrogen-bond acceptors (Lipinski definition) is 2. The molecule has 1 aromatic rings. The minimum absolute atomic E-state index is 0.0286. The molecule has 17 heavy (non-hydrogen) atoms. The number of morpholine rings is 1. The van der Waals surface area contributed by atoms with Crippen LogP contribution in [0.25, 0.3) is 0 Å². The summed E-state index contributed by atoms with van der Waals surface area (Å²) in [7, 11) is 0. The van der Waals surface area contributed by atoms with Gasteiger partial charge >= 0.3 is 0 Å². The molecule has 0 radical (unpaired) electrons. The second kappa shape index (κ2) is 5.15. The zero-order valence-electron chi connectivity index (χ0n) is 10.5. The Morgan fingerprint density at radius 2 is 2.12 bits per heavy atom.